The van der Waals surface area contributed by atoms with E-state index in [0.29, 0.717) is 5.41 Å². The molecule has 0 aromatic heterocycles. The van der Waals surface area contributed by atoms with Crippen molar-refractivity contribution in [2.24, 2.45) is 5.41 Å². The standard InChI is InChI=1S/C26H32/c1-3-20-11-13-22(14-12-20)24-10-8-9-23-17-21(18-25(23)24)19-26(4-2)15-6-5-7-16-26/h8-14,18H,3-7,15-17,19H2,1-2H3. The molecule has 0 N–H and O–H groups in total. The van der Waals surface area contributed by atoms with Crippen LogP contribution in [0.3, 0.4) is 0 Å². The highest BCUT2D eigenvalue weighted by Crippen LogP contribution is 2.46. The first-order valence-corrected chi connectivity index (χ1v) is 10.6. The third-order valence-corrected chi connectivity index (χ3v) is 6.90. The largest absolute Gasteiger partial charge is 0.0648 e. The highest BCUT2D eigenvalue weighted by atomic mass is 14.4. The number of fused-ring (bicyclic) bond motifs is 1. The monoisotopic (exact) mass is 344 g/mol. The zero-order valence-corrected chi connectivity index (χ0v) is 16.5. The van der Waals surface area contributed by atoms with Crippen LogP contribution < -0.4 is 0 Å². The molecule has 0 saturated heterocycles. The fraction of sp³-hybridized carbons (Fsp3) is 0.462. The van der Waals surface area contributed by atoms with Crippen LogP contribution in [0.15, 0.2) is 48.0 Å². The Morgan fingerprint density at radius 1 is 0.885 bits per heavy atom. The summed E-state index contributed by atoms with van der Waals surface area (Å²) in [5, 5.41) is 0. The summed E-state index contributed by atoms with van der Waals surface area (Å²) in [5.74, 6) is 0. The van der Waals surface area contributed by atoms with Gasteiger partial charge in [0.25, 0.3) is 0 Å². The van der Waals surface area contributed by atoms with Crippen molar-refractivity contribution in [3.05, 3.63) is 64.7 Å². The van der Waals surface area contributed by atoms with Crippen molar-refractivity contribution in [1.29, 1.82) is 0 Å². The van der Waals surface area contributed by atoms with Crippen molar-refractivity contribution < 1.29 is 0 Å². The summed E-state index contributed by atoms with van der Waals surface area (Å²) in [5.41, 5.74) is 9.44. The van der Waals surface area contributed by atoms with Gasteiger partial charge in [0.05, 0.1) is 0 Å². The minimum atomic E-state index is 0.578. The molecule has 0 radical (unpaired) electrons. The van der Waals surface area contributed by atoms with Gasteiger partial charge >= 0.3 is 0 Å². The van der Waals surface area contributed by atoms with Gasteiger partial charge in [0.15, 0.2) is 0 Å². The minimum absolute atomic E-state index is 0.578. The summed E-state index contributed by atoms with van der Waals surface area (Å²) in [6.07, 6.45) is 14.6. The molecule has 2 aromatic carbocycles. The summed E-state index contributed by atoms with van der Waals surface area (Å²) < 4.78 is 0. The van der Waals surface area contributed by atoms with E-state index >= 15 is 0 Å². The first-order valence-electron chi connectivity index (χ1n) is 10.6. The fourth-order valence-corrected chi connectivity index (χ4v) is 5.16. The van der Waals surface area contributed by atoms with Crippen LogP contribution >= 0.6 is 0 Å². The molecule has 0 aliphatic heterocycles. The molecule has 0 amide bonds. The van der Waals surface area contributed by atoms with E-state index in [9.17, 15) is 0 Å². The van der Waals surface area contributed by atoms with E-state index in [1.165, 1.54) is 72.8 Å². The van der Waals surface area contributed by atoms with Crippen molar-refractivity contribution in [3.63, 3.8) is 0 Å². The molecule has 0 heteroatoms. The lowest BCUT2D eigenvalue weighted by molar-refractivity contribution is 0.179. The van der Waals surface area contributed by atoms with Gasteiger partial charge in [-0.1, -0.05) is 93.6 Å². The normalized spacial score (nSPS) is 18.5. The second-order valence-corrected chi connectivity index (χ2v) is 8.50. The third kappa shape index (κ3) is 3.39. The van der Waals surface area contributed by atoms with E-state index in [1.807, 2.05) is 0 Å². The smallest absolute Gasteiger partial charge is 0.00574 e. The molecule has 0 atom stereocenters. The van der Waals surface area contributed by atoms with Crippen molar-refractivity contribution >= 4 is 6.08 Å². The van der Waals surface area contributed by atoms with E-state index in [2.05, 4.69) is 62.4 Å². The number of allylic oxidation sites excluding steroid dienone is 1. The van der Waals surface area contributed by atoms with E-state index in [1.54, 1.807) is 5.57 Å². The molecule has 136 valence electrons. The van der Waals surface area contributed by atoms with Crippen molar-refractivity contribution in [2.75, 3.05) is 0 Å². The van der Waals surface area contributed by atoms with Crippen molar-refractivity contribution in [2.45, 2.75) is 71.6 Å². The van der Waals surface area contributed by atoms with Gasteiger partial charge in [0.2, 0.25) is 0 Å². The lowest BCUT2D eigenvalue weighted by Gasteiger charge is -2.37. The van der Waals surface area contributed by atoms with E-state index in [-0.39, 0.29) is 0 Å². The highest BCUT2D eigenvalue weighted by Gasteiger charge is 2.32. The Morgan fingerprint density at radius 3 is 2.35 bits per heavy atom. The van der Waals surface area contributed by atoms with Gasteiger partial charge in [0, 0.05) is 0 Å². The van der Waals surface area contributed by atoms with Crippen LogP contribution in [0.2, 0.25) is 0 Å². The van der Waals surface area contributed by atoms with E-state index in [0.717, 1.165) is 12.8 Å². The second-order valence-electron chi connectivity index (χ2n) is 8.50. The third-order valence-electron chi connectivity index (χ3n) is 6.90. The number of benzene rings is 2. The van der Waals surface area contributed by atoms with Crippen LogP contribution in [0.1, 0.15) is 75.5 Å². The number of hydrogen-bond acceptors (Lipinski definition) is 0. The molecule has 0 spiro atoms. The zero-order chi connectivity index (χ0) is 18.0. The number of aryl methyl sites for hydroxylation is 1. The van der Waals surface area contributed by atoms with Crippen LogP contribution in [0.4, 0.5) is 0 Å². The molecule has 0 unspecified atom stereocenters. The van der Waals surface area contributed by atoms with Crippen LogP contribution in [-0.4, -0.2) is 0 Å². The summed E-state index contributed by atoms with van der Waals surface area (Å²) in [7, 11) is 0. The summed E-state index contributed by atoms with van der Waals surface area (Å²) in [6, 6.07) is 16.0. The fourth-order valence-electron chi connectivity index (χ4n) is 5.16. The summed E-state index contributed by atoms with van der Waals surface area (Å²) in [6.45, 7) is 4.63. The zero-order valence-electron chi connectivity index (χ0n) is 16.5. The Labute approximate surface area is 159 Å². The van der Waals surface area contributed by atoms with Crippen molar-refractivity contribution in [3.8, 4) is 11.1 Å². The maximum atomic E-state index is 2.53. The Bertz CT molecular complexity index is 785. The lowest BCUT2D eigenvalue weighted by atomic mass is 9.68. The van der Waals surface area contributed by atoms with Crippen LogP contribution in [0.25, 0.3) is 17.2 Å². The van der Waals surface area contributed by atoms with Crippen molar-refractivity contribution in [1.82, 2.24) is 0 Å². The van der Waals surface area contributed by atoms with E-state index < -0.39 is 0 Å². The maximum Gasteiger partial charge on any atom is -0.00574 e. The highest BCUT2D eigenvalue weighted by molar-refractivity contribution is 5.80. The minimum Gasteiger partial charge on any atom is -0.0648 e. The van der Waals surface area contributed by atoms with E-state index in [4.69, 9.17) is 0 Å². The van der Waals surface area contributed by atoms with Gasteiger partial charge in [-0.15, -0.1) is 0 Å². The van der Waals surface area contributed by atoms with Gasteiger partial charge in [-0.2, -0.15) is 0 Å². The topological polar surface area (TPSA) is 0 Å². The molecule has 26 heavy (non-hydrogen) atoms. The molecule has 1 fully saturated rings. The first-order chi connectivity index (χ1) is 12.7. The van der Waals surface area contributed by atoms with Gasteiger partial charge in [-0.25, -0.2) is 0 Å². The lowest BCUT2D eigenvalue weighted by Crippen LogP contribution is -2.23. The molecule has 2 aliphatic rings. The molecule has 4 rings (SSSR count). The Morgan fingerprint density at radius 2 is 1.65 bits per heavy atom. The van der Waals surface area contributed by atoms with Crippen LogP contribution in [0, 0.1) is 5.41 Å². The quantitative estimate of drug-likeness (QED) is 0.523. The van der Waals surface area contributed by atoms with Crippen LogP contribution in [0.5, 0.6) is 0 Å². The first kappa shape index (κ1) is 17.6. The Hall–Kier alpha value is -1.82. The second kappa shape index (κ2) is 7.43. The van der Waals surface area contributed by atoms with Gasteiger partial charge in [-0.3, -0.25) is 0 Å². The Kier molecular flexibility index (Phi) is 5.02. The van der Waals surface area contributed by atoms with Crippen LogP contribution in [-0.2, 0) is 12.8 Å². The summed E-state index contributed by atoms with van der Waals surface area (Å²) in [4.78, 5) is 0. The molecule has 2 aromatic rings. The molecular formula is C26H32. The molecule has 1 saturated carbocycles. The predicted molar refractivity (Wildman–Crippen MR) is 113 cm³/mol. The number of hydrogen-bond donors (Lipinski definition) is 0. The average molecular weight is 345 g/mol. The molecule has 0 nitrogen and oxygen atoms in total. The Balaban J connectivity index is 1.62. The number of rotatable bonds is 5. The average Bonchev–Trinajstić information content (AvgIpc) is 3.11. The summed E-state index contributed by atoms with van der Waals surface area (Å²) >= 11 is 0. The molecule has 0 heterocycles. The predicted octanol–water partition coefficient (Wildman–Crippen LogP) is 7.61. The maximum absolute atomic E-state index is 2.53. The molecule has 2 aliphatic carbocycles. The van der Waals surface area contributed by atoms with Gasteiger partial charge < -0.3 is 0 Å². The molecular weight excluding hydrogens is 312 g/mol. The molecule has 0 bridgehead atoms. The van der Waals surface area contributed by atoms with Gasteiger partial charge in [0.1, 0.15) is 0 Å². The SMILES string of the molecule is CCc1ccc(-c2cccc3c2C=C(CC2(CC)CCCCC2)C3)cc1. The van der Waals surface area contributed by atoms with Gasteiger partial charge in [-0.05, 0) is 65.3 Å².